The van der Waals surface area contributed by atoms with Gasteiger partial charge in [-0.25, -0.2) is 0 Å². The van der Waals surface area contributed by atoms with Crippen molar-refractivity contribution < 1.29 is 9.64 Å². The largest absolute Gasteiger partial charge is 0.497 e. The Labute approximate surface area is 126 Å². The quantitative estimate of drug-likeness (QED) is 0.814. The summed E-state index contributed by atoms with van der Waals surface area (Å²) in [7, 11) is 6.01. The van der Waals surface area contributed by atoms with Crippen LogP contribution in [-0.2, 0) is 0 Å². The van der Waals surface area contributed by atoms with E-state index in [0.717, 1.165) is 16.5 Å². The maximum atomic E-state index is 5.52. The van der Waals surface area contributed by atoms with Crippen molar-refractivity contribution in [1.29, 1.82) is 0 Å². The third kappa shape index (κ3) is 3.84. The summed E-state index contributed by atoms with van der Waals surface area (Å²) in [5.41, 5.74) is 0.972. The molecule has 2 N–H and O–H groups in total. The lowest BCUT2D eigenvalue weighted by atomic mass is 10.0. The van der Waals surface area contributed by atoms with Crippen molar-refractivity contribution in [2.75, 3.05) is 39.6 Å². The molecular formula is C15H24N3OS+. The normalized spacial score (nSPS) is 22.1. The number of hydrogen-bond donors (Lipinski definition) is 2. The Balaban J connectivity index is 1.93. The average molecular weight is 294 g/mol. The minimum absolute atomic E-state index is 0.546. The highest BCUT2D eigenvalue weighted by Gasteiger charge is 2.24. The molecule has 0 bridgehead atoms. The minimum Gasteiger partial charge on any atom is -0.497 e. The average Bonchev–Trinajstić information content (AvgIpc) is 2.47. The van der Waals surface area contributed by atoms with E-state index in [1.54, 1.807) is 12.0 Å². The van der Waals surface area contributed by atoms with E-state index < -0.39 is 0 Å². The molecule has 0 atom stereocenters. The van der Waals surface area contributed by atoms with Crippen molar-refractivity contribution in [3.05, 3.63) is 24.3 Å². The van der Waals surface area contributed by atoms with Crippen molar-refractivity contribution in [3.8, 4) is 5.75 Å². The summed E-state index contributed by atoms with van der Waals surface area (Å²) < 4.78 is 5.23. The van der Waals surface area contributed by atoms with E-state index in [0.29, 0.717) is 6.04 Å². The molecule has 0 amide bonds. The lowest BCUT2D eigenvalue weighted by Crippen LogP contribution is -3.10. The molecule has 1 aromatic carbocycles. The molecule has 0 aliphatic carbocycles. The number of thiocarbonyl (C=S) groups is 1. The Morgan fingerprint density at radius 1 is 1.40 bits per heavy atom. The van der Waals surface area contributed by atoms with Gasteiger partial charge in [-0.3, -0.25) is 0 Å². The molecule has 1 heterocycles. The van der Waals surface area contributed by atoms with E-state index in [9.17, 15) is 0 Å². The summed E-state index contributed by atoms with van der Waals surface area (Å²) in [6.07, 6.45) is 2.39. The number of likely N-dealkylation sites (tertiary alicyclic amines) is 1. The first-order chi connectivity index (χ1) is 9.60. The maximum absolute atomic E-state index is 5.52. The van der Waals surface area contributed by atoms with E-state index in [4.69, 9.17) is 17.0 Å². The molecule has 0 unspecified atom stereocenters. The second kappa shape index (κ2) is 6.90. The molecule has 0 saturated carbocycles. The Morgan fingerprint density at radius 2 is 2.10 bits per heavy atom. The molecule has 2 rings (SSSR count). The van der Waals surface area contributed by atoms with Gasteiger partial charge in [0.1, 0.15) is 5.75 Å². The van der Waals surface area contributed by atoms with E-state index >= 15 is 0 Å². The number of nitrogens with zero attached hydrogens (tertiary/aromatic N) is 1. The predicted octanol–water partition coefficient (Wildman–Crippen LogP) is 1.00. The number of piperidine rings is 1. The molecule has 1 fully saturated rings. The predicted molar refractivity (Wildman–Crippen MR) is 86.6 cm³/mol. The number of anilines is 1. The number of rotatable bonds is 3. The van der Waals surface area contributed by atoms with Crippen LogP contribution in [0.25, 0.3) is 0 Å². The number of ether oxygens (including phenoxy) is 1. The highest BCUT2D eigenvalue weighted by molar-refractivity contribution is 7.80. The molecule has 110 valence electrons. The Hall–Kier alpha value is -1.33. The lowest BCUT2D eigenvalue weighted by molar-refractivity contribution is -0.885. The van der Waals surface area contributed by atoms with Gasteiger partial charge < -0.3 is 19.9 Å². The summed E-state index contributed by atoms with van der Waals surface area (Å²) in [5.74, 6) is 0.836. The summed E-state index contributed by atoms with van der Waals surface area (Å²) in [5, 5.41) is 4.08. The van der Waals surface area contributed by atoms with Gasteiger partial charge in [0.25, 0.3) is 0 Å². The van der Waals surface area contributed by atoms with Crippen molar-refractivity contribution >= 4 is 23.0 Å². The fraction of sp³-hybridized carbons (Fsp3) is 0.533. The number of hydrogen-bond acceptors (Lipinski definition) is 2. The summed E-state index contributed by atoms with van der Waals surface area (Å²) in [6.45, 7) is 2.44. The van der Waals surface area contributed by atoms with Gasteiger partial charge in [0.2, 0.25) is 0 Å². The van der Waals surface area contributed by atoms with Crippen molar-refractivity contribution in [2.24, 2.45) is 0 Å². The smallest absolute Gasteiger partial charge is 0.173 e. The molecule has 5 heteroatoms. The van der Waals surface area contributed by atoms with Crippen LogP contribution >= 0.6 is 12.2 Å². The standard InChI is InChI=1S/C15H23N3OS/c1-17-9-7-13(8-10-17)18(2)15(20)16-12-5-4-6-14(11-12)19-3/h4-6,11,13H,7-10H2,1-3H3,(H,16,20)/p+1. The first kappa shape index (κ1) is 15.1. The monoisotopic (exact) mass is 294 g/mol. The molecule has 0 aromatic heterocycles. The molecule has 1 aliphatic rings. The first-order valence-corrected chi connectivity index (χ1v) is 7.50. The van der Waals surface area contributed by atoms with Gasteiger partial charge in [0, 0.05) is 37.7 Å². The van der Waals surface area contributed by atoms with Gasteiger partial charge in [-0.1, -0.05) is 6.07 Å². The zero-order valence-corrected chi connectivity index (χ0v) is 13.3. The van der Waals surface area contributed by atoms with Gasteiger partial charge in [-0.05, 0) is 24.4 Å². The second-order valence-electron chi connectivity index (χ2n) is 5.46. The molecule has 1 aliphatic heterocycles. The molecule has 1 aromatic rings. The lowest BCUT2D eigenvalue weighted by Gasteiger charge is -2.34. The molecule has 4 nitrogen and oxygen atoms in total. The third-order valence-corrected chi connectivity index (χ3v) is 4.39. The van der Waals surface area contributed by atoms with E-state index in [2.05, 4.69) is 24.3 Å². The SMILES string of the molecule is COc1cccc(NC(=S)N(C)C2CC[NH+](C)CC2)c1. The second-order valence-corrected chi connectivity index (χ2v) is 5.85. The minimum atomic E-state index is 0.546. The summed E-state index contributed by atoms with van der Waals surface area (Å²) in [6, 6.07) is 8.39. The van der Waals surface area contributed by atoms with Crippen LogP contribution in [0.4, 0.5) is 5.69 Å². The van der Waals surface area contributed by atoms with Crippen LogP contribution in [0.15, 0.2) is 24.3 Å². The van der Waals surface area contributed by atoms with Gasteiger partial charge >= 0.3 is 0 Å². The fourth-order valence-electron chi connectivity index (χ4n) is 2.56. The summed E-state index contributed by atoms with van der Waals surface area (Å²) >= 11 is 5.52. The van der Waals surface area contributed by atoms with Gasteiger partial charge in [0.15, 0.2) is 5.11 Å². The number of quaternary nitrogens is 1. The number of methoxy groups -OCH3 is 1. The molecular weight excluding hydrogens is 270 g/mol. The van der Waals surface area contributed by atoms with Crippen LogP contribution in [0.1, 0.15) is 12.8 Å². The van der Waals surface area contributed by atoms with E-state index in [1.165, 1.54) is 25.9 Å². The number of nitrogens with one attached hydrogen (secondary N) is 2. The molecule has 0 spiro atoms. The van der Waals surface area contributed by atoms with Crippen LogP contribution in [0.5, 0.6) is 5.75 Å². The topological polar surface area (TPSA) is 28.9 Å². The molecule has 0 radical (unpaired) electrons. The van der Waals surface area contributed by atoms with Gasteiger partial charge in [-0.2, -0.15) is 0 Å². The van der Waals surface area contributed by atoms with Crippen LogP contribution in [0.2, 0.25) is 0 Å². The first-order valence-electron chi connectivity index (χ1n) is 7.09. The zero-order valence-electron chi connectivity index (χ0n) is 12.5. The Morgan fingerprint density at radius 3 is 2.75 bits per heavy atom. The van der Waals surface area contributed by atoms with E-state index in [-0.39, 0.29) is 0 Å². The van der Waals surface area contributed by atoms with Gasteiger partial charge in [-0.15, -0.1) is 0 Å². The highest BCUT2D eigenvalue weighted by Crippen LogP contribution is 2.18. The number of benzene rings is 1. The van der Waals surface area contributed by atoms with Crippen molar-refractivity contribution in [3.63, 3.8) is 0 Å². The molecule has 1 saturated heterocycles. The summed E-state index contributed by atoms with van der Waals surface area (Å²) in [4.78, 5) is 3.81. The zero-order chi connectivity index (χ0) is 14.5. The van der Waals surface area contributed by atoms with Crippen LogP contribution < -0.4 is 15.0 Å². The van der Waals surface area contributed by atoms with E-state index in [1.807, 2.05) is 24.3 Å². The Bertz CT molecular complexity index is 458. The maximum Gasteiger partial charge on any atom is 0.173 e. The highest BCUT2D eigenvalue weighted by atomic mass is 32.1. The van der Waals surface area contributed by atoms with Crippen LogP contribution in [0.3, 0.4) is 0 Å². The van der Waals surface area contributed by atoms with Crippen molar-refractivity contribution in [1.82, 2.24) is 4.90 Å². The fourth-order valence-corrected chi connectivity index (χ4v) is 2.83. The van der Waals surface area contributed by atoms with Crippen molar-refractivity contribution in [2.45, 2.75) is 18.9 Å². The van der Waals surface area contributed by atoms with Crippen LogP contribution in [0, 0.1) is 0 Å². The van der Waals surface area contributed by atoms with Crippen LogP contribution in [-0.4, -0.2) is 50.3 Å². The van der Waals surface area contributed by atoms with Gasteiger partial charge in [0.05, 0.1) is 27.2 Å². The molecule has 20 heavy (non-hydrogen) atoms. The Kier molecular flexibility index (Phi) is 5.20. The third-order valence-electron chi connectivity index (χ3n) is 4.00.